The van der Waals surface area contributed by atoms with Gasteiger partial charge in [-0.15, -0.1) is 0 Å². The van der Waals surface area contributed by atoms with Crippen LogP contribution in [0, 0.1) is 0 Å². The van der Waals surface area contributed by atoms with Crippen LogP contribution in [0.1, 0.15) is 56.5 Å². The Balaban J connectivity index is 1.52. The monoisotopic (exact) mass is 498 g/mol. The number of esters is 1. The molecule has 0 atom stereocenters. The fourth-order valence-electron chi connectivity index (χ4n) is 4.19. The summed E-state index contributed by atoms with van der Waals surface area (Å²) in [7, 11) is 1.64. The molecule has 2 aromatic carbocycles. The molecule has 8 nitrogen and oxygen atoms in total. The molecule has 0 spiro atoms. The van der Waals surface area contributed by atoms with Crippen LogP contribution in [0.5, 0.6) is 17.2 Å². The summed E-state index contributed by atoms with van der Waals surface area (Å²) < 4.78 is 22.0. The van der Waals surface area contributed by atoms with Crippen molar-refractivity contribution in [3.8, 4) is 17.2 Å². The second kappa shape index (κ2) is 12.6. The molecule has 0 saturated carbocycles. The molecular formula is C28H38N2O6. The normalized spacial score (nSPS) is 14.7. The molecule has 0 radical (unpaired) electrons. The second-order valence-corrected chi connectivity index (χ2v) is 9.30. The first-order valence-corrected chi connectivity index (χ1v) is 12.5. The summed E-state index contributed by atoms with van der Waals surface area (Å²) in [5.41, 5.74) is 0.520. The van der Waals surface area contributed by atoms with Gasteiger partial charge >= 0.3 is 5.97 Å². The number of benzene rings is 2. The third kappa shape index (κ3) is 7.37. The van der Waals surface area contributed by atoms with Crippen molar-refractivity contribution in [1.82, 2.24) is 10.2 Å². The number of hydrogen-bond acceptors (Lipinski definition) is 7. The first-order chi connectivity index (χ1) is 17.2. The van der Waals surface area contributed by atoms with E-state index >= 15 is 0 Å². The lowest BCUT2D eigenvalue weighted by Gasteiger charge is -2.32. The van der Waals surface area contributed by atoms with Gasteiger partial charge in [-0.25, -0.2) is 4.79 Å². The van der Waals surface area contributed by atoms with Crippen molar-refractivity contribution in [1.29, 1.82) is 0 Å². The van der Waals surface area contributed by atoms with Gasteiger partial charge in [0.15, 0.2) is 17.1 Å². The lowest BCUT2D eigenvalue weighted by Crippen LogP contribution is -2.44. The summed E-state index contributed by atoms with van der Waals surface area (Å²) in [6.07, 6.45) is 1.73. The van der Waals surface area contributed by atoms with Gasteiger partial charge in [0.05, 0.1) is 20.3 Å². The van der Waals surface area contributed by atoms with E-state index in [0.29, 0.717) is 17.9 Å². The number of carbonyl (C=O) groups excluding carboxylic acids is 2. The standard InChI is InChI=1S/C28H38N2O6/c1-6-34-25-17-20(11-12-24(25)33-5)19-30-15-13-22(14-16-30)29-26(31)21-9-8-10-23(18-21)36-28(3,4)27(32)35-7-2/h8-12,17-18,22H,6-7,13-16,19H2,1-5H3,(H,29,31). The molecular weight excluding hydrogens is 460 g/mol. The average molecular weight is 499 g/mol. The lowest BCUT2D eigenvalue weighted by atomic mass is 10.0. The predicted molar refractivity (Wildman–Crippen MR) is 138 cm³/mol. The van der Waals surface area contributed by atoms with E-state index in [1.807, 2.05) is 19.1 Å². The van der Waals surface area contributed by atoms with E-state index in [4.69, 9.17) is 18.9 Å². The molecule has 1 N–H and O–H groups in total. The Bertz CT molecular complexity index is 1030. The first kappa shape index (κ1) is 27.3. The maximum Gasteiger partial charge on any atom is 0.349 e. The molecule has 36 heavy (non-hydrogen) atoms. The minimum absolute atomic E-state index is 0.101. The fourth-order valence-corrected chi connectivity index (χ4v) is 4.19. The van der Waals surface area contributed by atoms with Crippen LogP contribution in [0.15, 0.2) is 42.5 Å². The Morgan fingerprint density at radius 3 is 2.44 bits per heavy atom. The van der Waals surface area contributed by atoms with E-state index < -0.39 is 11.6 Å². The molecule has 1 saturated heterocycles. The minimum atomic E-state index is -1.15. The summed E-state index contributed by atoms with van der Waals surface area (Å²) in [5.74, 6) is 1.35. The van der Waals surface area contributed by atoms with Crippen LogP contribution in [-0.2, 0) is 16.1 Å². The number of ether oxygens (including phenoxy) is 4. The highest BCUT2D eigenvalue weighted by Gasteiger charge is 2.32. The molecule has 8 heteroatoms. The molecule has 0 unspecified atom stereocenters. The fraction of sp³-hybridized carbons (Fsp3) is 0.500. The number of carbonyl (C=O) groups is 2. The Morgan fingerprint density at radius 1 is 1.03 bits per heavy atom. The van der Waals surface area contributed by atoms with E-state index in [-0.39, 0.29) is 18.6 Å². The maximum absolute atomic E-state index is 12.9. The Kier molecular flexibility index (Phi) is 9.58. The number of methoxy groups -OCH3 is 1. The number of likely N-dealkylation sites (tertiary alicyclic amines) is 1. The van der Waals surface area contributed by atoms with Crippen LogP contribution in [0.3, 0.4) is 0 Å². The van der Waals surface area contributed by atoms with E-state index in [1.165, 1.54) is 5.56 Å². The maximum atomic E-state index is 12.9. The average Bonchev–Trinajstić information content (AvgIpc) is 2.86. The highest BCUT2D eigenvalue weighted by molar-refractivity contribution is 5.94. The van der Waals surface area contributed by atoms with Gasteiger partial charge in [-0.1, -0.05) is 12.1 Å². The van der Waals surface area contributed by atoms with Crippen LogP contribution in [0.4, 0.5) is 0 Å². The zero-order valence-corrected chi connectivity index (χ0v) is 22.0. The van der Waals surface area contributed by atoms with Crippen molar-refractivity contribution < 1.29 is 28.5 Å². The molecule has 1 fully saturated rings. The van der Waals surface area contributed by atoms with Crippen molar-refractivity contribution >= 4 is 11.9 Å². The number of amides is 1. The van der Waals surface area contributed by atoms with E-state index in [1.54, 1.807) is 52.1 Å². The van der Waals surface area contributed by atoms with E-state index in [2.05, 4.69) is 16.3 Å². The molecule has 1 aliphatic heterocycles. The number of piperidine rings is 1. The van der Waals surface area contributed by atoms with Gasteiger partial charge in [0.1, 0.15) is 5.75 Å². The van der Waals surface area contributed by atoms with Gasteiger partial charge < -0.3 is 24.3 Å². The summed E-state index contributed by atoms with van der Waals surface area (Å²) in [6, 6.07) is 13.0. The minimum Gasteiger partial charge on any atom is -0.493 e. The Morgan fingerprint density at radius 2 is 1.78 bits per heavy atom. The van der Waals surface area contributed by atoms with Crippen molar-refractivity contribution in [3.63, 3.8) is 0 Å². The third-order valence-corrected chi connectivity index (χ3v) is 6.09. The van der Waals surface area contributed by atoms with Crippen molar-refractivity contribution in [3.05, 3.63) is 53.6 Å². The molecule has 2 aromatic rings. The lowest BCUT2D eigenvalue weighted by molar-refractivity contribution is -0.158. The van der Waals surface area contributed by atoms with Gasteiger partial charge in [0, 0.05) is 31.2 Å². The number of hydrogen-bond donors (Lipinski definition) is 1. The third-order valence-electron chi connectivity index (χ3n) is 6.09. The van der Waals surface area contributed by atoms with Crippen LogP contribution in [0.25, 0.3) is 0 Å². The van der Waals surface area contributed by atoms with Crippen LogP contribution in [-0.4, -0.2) is 61.8 Å². The van der Waals surface area contributed by atoms with Crippen molar-refractivity contribution in [2.45, 2.75) is 58.7 Å². The zero-order chi connectivity index (χ0) is 26.1. The van der Waals surface area contributed by atoms with Crippen molar-refractivity contribution in [2.75, 3.05) is 33.4 Å². The number of nitrogens with one attached hydrogen (secondary N) is 1. The molecule has 1 heterocycles. The van der Waals surface area contributed by atoms with Gasteiger partial charge in [-0.3, -0.25) is 9.69 Å². The molecule has 0 aromatic heterocycles. The molecule has 1 aliphatic rings. The topological polar surface area (TPSA) is 86.3 Å². The number of rotatable bonds is 11. The van der Waals surface area contributed by atoms with Gasteiger partial charge in [0.25, 0.3) is 5.91 Å². The Labute approximate surface area is 213 Å². The largest absolute Gasteiger partial charge is 0.493 e. The summed E-state index contributed by atoms with van der Waals surface area (Å²) in [5, 5.41) is 3.14. The van der Waals surface area contributed by atoms with Crippen molar-refractivity contribution in [2.24, 2.45) is 0 Å². The Hall–Kier alpha value is -3.26. The molecule has 0 bridgehead atoms. The van der Waals surface area contributed by atoms with E-state index in [9.17, 15) is 9.59 Å². The molecule has 196 valence electrons. The summed E-state index contributed by atoms with van der Waals surface area (Å²) >= 11 is 0. The summed E-state index contributed by atoms with van der Waals surface area (Å²) in [4.78, 5) is 27.4. The predicted octanol–water partition coefficient (Wildman–Crippen LogP) is 4.21. The SMILES string of the molecule is CCOC(=O)C(C)(C)Oc1cccc(C(=O)NC2CCN(Cc3ccc(OC)c(OCC)c3)CC2)c1. The zero-order valence-electron chi connectivity index (χ0n) is 22.0. The van der Waals surface area contributed by atoms with E-state index in [0.717, 1.165) is 44.0 Å². The first-order valence-electron chi connectivity index (χ1n) is 12.5. The van der Waals surface area contributed by atoms with Crippen LogP contribution in [0.2, 0.25) is 0 Å². The highest BCUT2D eigenvalue weighted by atomic mass is 16.6. The molecule has 1 amide bonds. The smallest absolute Gasteiger partial charge is 0.349 e. The van der Waals surface area contributed by atoms with Crippen LogP contribution >= 0.6 is 0 Å². The number of nitrogens with zero attached hydrogens (tertiary/aromatic N) is 1. The second-order valence-electron chi connectivity index (χ2n) is 9.30. The quantitative estimate of drug-likeness (QED) is 0.465. The van der Waals surface area contributed by atoms with Gasteiger partial charge in [-0.2, -0.15) is 0 Å². The molecule has 0 aliphatic carbocycles. The highest BCUT2D eigenvalue weighted by Crippen LogP contribution is 2.29. The van der Waals surface area contributed by atoms with Crippen LogP contribution < -0.4 is 19.5 Å². The summed E-state index contributed by atoms with van der Waals surface area (Å²) in [6.45, 7) is 10.5. The van der Waals surface area contributed by atoms with Gasteiger partial charge in [-0.05, 0) is 76.4 Å². The molecule has 3 rings (SSSR count). The van der Waals surface area contributed by atoms with Gasteiger partial charge in [0.2, 0.25) is 0 Å².